The summed E-state index contributed by atoms with van der Waals surface area (Å²) in [7, 11) is 0. The largest absolute Gasteiger partial charge is 0.451 e. The van der Waals surface area contributed by atoms with Crippen molar-refractivity contribution in [1.29, 1.82) is 0 Å². The van der Waals surface area contributed by atoms with Gasteiger partial charge >= 0.3 is 6.18 Å². The van der Waals surface area contributed by atoms with E-state index in [-0.39, 0.29) is 17.7 Å². The van der Waals surface area contributed by atoms with Crippen molar-refractivity contribution in [3.8, 4) is 0 Å². The maximum Gasteiger partial charge on any atom is 0.451 e. The molecular weight excluding hydrogens is 285 g/mol. The summed E-state index contributed by atoms with van der Waals surface area (Å²) in [5, 5.41) is 15.4. The molecule has 0 aromatic carbocycles. The summed E-state index contributed by atoms with van der Waals surface area (Å²) in [5.41, 5.74) is -0.401. The number of hydrogen-bond acceptors (Lipinski definition) is 5. The number of aliphatic hydroxyl groups is 1. The molecule has 0 aliphatic heterocycles. The third-order valence-corrected chi connectivity index (χ3v) is 3.88. The van der Waals surface area contributed by atoms with E-state index in [1.165, 1.54) is 6.07 Å². The number of anilines is 2. The number of aromatic nitrogens is 2. The second kappa shape index (κ2) is 5.32. The van der Waals surface area contributed by atoms with Gasteiger partial charge in [-0.15, -0.1) is 0 Å². The molecule has 1 aliphatic rings. The van der Waals surface area contributed by atoms with Crippen molar-refractivity contribution in [3.05, 3.63) is 11.9 Å². The Morgan fingerprint density at radius 1 is 1.33 bits per heavy atom. The van der Waals surface area contributed by atoms with Crippen molar-refractivity contribution >= 4 is 11.6 Å². The highest BCUT2D eigenvalue weighted by Crippen LogP contribution is 2.42. The van der Waals surface area contributed by atoms with Crippen LogP contribution in [0.15, 0.2) is 6.07 Å². The maximum atomic E-state index is 12.8. The van der Waals surface area contributed by atoms with Crippen LogP contribution in [0.3, 0.4) is 0 Å². The first-order valence-corrected chi connectivity index (χ1v) is 6.79. The van der Waals surface area contributed by atoms with Crippen LogP contribution in [0.25, 0.3) is 0 Å². The number of alkyl halides is 3. The average Bonchev–Trinajstić information content (AvgIpc) is 2.37. The monoisotopic (exact) mass is 304 g/mol. The Bertz CT molecular complexity index is 519. The minimum absolute atomic E-state index is 0.109. The van der Waals surface area contributed by atoms with E-state index in [0.29, 0.717) is 13.0 Å². The molecule has 2 unspecified atom stereocenters. The van der Waals surface area contributed by atoms with Crippen molar-refractivity contribution in [1.82, 2.24) is 9.97 Å². The Balaban J connectivity index is 2.24. The number of aliphatic hydroxyl groups excluding tert-OH is 1. The first-order chi connectivity index (χ1) is 9.64. The van der Waals surface area contributed by atoms with Gasteiger partial charge in [0, 0.05) is 24.1 Å². The third-order valence-electron chi connectivity index (χ3n) is 3.88. The Kier molecular flexibility index (Phi) is 4.01. The lowest BCUT2D eigenvalue weighted by molar-refractivity contribution is -0.144. The zero-order valence-electron chi connectivity index (χ0n) is 12.1. The number of rotatable bonds is 4. The highest BCUT2D eigenvalue weighted by molar-refractivity contribution is 5.49. The SMILES string of the molecule is CCNc1cc(NC2CC(O)C2(C)C)nc(C(F)(F)F)n1. The predicted octanol–water partition coefficient (Wildman–Crippen LogP) is 2.50. The lowest BCUT2D eigenvalue weighted by Crippen LogP contribution is -2.57. The van der Waals surface area contributed by atoms with E-state index >= 15 is 0 Å². The van der Waals surface area contributed by atoms with Gasteiger partial charge in [-0.3, -0.25) is 0 Å². The molecule has 1 fully saturated rings. The van der Waals surface area contributed by atoms with Crippen molar-refractivity contribution in [2.75, 3.05) is 17.2 Å². The van der Waals surface area contributed by atoms with Crippen LogP contribution in [-0.4, -0.2) is 33.8 Å². The van der Waals surface area contributed by atoms with Gasteiger partial charge in [-0.05, 0) is 13.3 Å². The Labute approximate surface area is 121 Å². The molecule has 0 bridgehead atoms. The fourth-order valence-electron chi connectivity index (χ4n) is 2.25. The molecule has 0 radical (unpaired) electrons. The van der Waals surface area contributed by atoms with Crippen LogP contribution in [-0.2, 0) is 6.18 Å². The van der Waals surface area contributed by atoms with Gasteiger partial charge in [0.25, 0.3) is 0 Å². The van der Waals surface area contributed by atoms with E-state index in [4.69, 9.17) is 0 Å². The lowest BCUT2D eigenvalue weighted by Gasteiger charge is -2.49. The number of hydrogen-bond donors (Lipinski definition) is 3. The molecule has 0 spiro atoms. The standard InChI is InChI=1S/C13H19F3N4O/c1-4-17-9-6-10(20-11(19-9)13(14,15)16)18-7-5-8(21)12(7,2)3/h6-8,21H,4-5H2,1-3H3,(H2,17,18,19,20). The fraction of sp³-hybridized carbons (Fsp3) is 0.692. The highest BCUT2D eigenvalue weighted by Gasteiger charge is 2.47. The zero-order valence-corrected chi connectivity index (χ0v) is 12.1. The molecule has 0 saturated heterocycles. The molecule has 1 aliphatic carbocycles. The summed E-state index contributed by atoms with van der Waals surface area (Å²) >= 11 is 0. The molecule has 1 saturated carbocycles. The second-order valence-corrected chi connectivity index (χ2v) is 5.76. The van der Waals surface area contributed by atoms with Gasteiger partial charge in [0.05, 0.1) is 6.10 Å². The molecule has 5 nitrogen and oxygen atoms in total. The quantitative estimate of drug-likeness (QED) is 0.797. The van der Waals surface area contributed by atoms with E-state index in [2.05, 4.69) is 20.6 Å². The first-order valence-electron chi connectivity index (χ1n) is 6.79. The van der Waals surface area contributed by atoms with Gasteiger partial charge in [0.2, 0.25) is 5.82 Å². The van der Waals surface area contributed by atoms with E-state index < -0.39 is 23.5 Å². The fourth-order valence-corrected chi connectivity index (χ4v) is 2.25. The van der Waals surface area contributed by atoms with E-state index in [1.807, 2.05) is 13.8 Å². The van der Waals surface area contributed by atoms with Gasteiger partial charge in [-0.1, -0.05) is 13.8 Å². The van der Waals surface area contributed by atoms with Crippen molar-refractivity contribution in [2.24, 2.45) is 5.41 Å². The van der Waals surface area contributed by atoms with Crippen LogP contribution in [0.5, 0.6) is 0 Å². The molecule has 1 aromatic rings. The topological polar surface area (TPSA) is 70.1 Å². The van der Waals surface area contributed by atoms with Crippen LogP contribution >= 0.6 is 0 Å². The molecule has 3 N–H and O–H groups in total. The smallest absolute Gasteiger partial charge is 0.392 e. The normalized spacial score (nSPS) is 24.3. The van der Waals surface area contributed by atoms with Gasteiger partial charge in [-0.2, -0.15) is 13.2 Å². The molecule has 2 rings (SSSR count). The van der Waals surface area contributed by atoms with Crippen molar-refractivity contribution in [3.63, 3.8) is 0 Å². The van der Waals surface area contributed by atoms with Gasteiger partial charge in [0.15, 0.2) is 0 Å². The molecule has 1 heterocycles. The van der Waals surface area contributed by atoms with E-state index in [9.17, 15) is 18.3 Å². The summed E-state index contributed by atoms with van der Waals surface area (Å²) in [6, 6.07) is 1.32. The highest BCUT2D eigenvalue weighted by atomic mass is 19.4. The van der Waals surface area contributed by atoms with Crippen LogP contribution in [0.2, 0.25) is 0 Å². The molecule has 8 heteroatoms. The lowest BCUT2D eigenvalue weighted by atomic mass is 9.64. The molecule has 2 atom stereocenters. The maximum absolute atomic E-state index is 12.8. The number of halogens is 3. The summed E-state index contributed by atoms with van der Waals surface area (Å²) < 4.78 is 38.4. The number of nitrogens with one attached hydrogen (secondary N) is 2. The Morgan fingerprint density at radius 3 is 2.43 bits per heavy atom. The van der Waals surface area contributed by atoms with E-state index in [1.54, 1.807) is 6.92 Å². The Morgan fingerprint density at radius 2 is 1.95 bits per heavy atom. The summed E-state index contributed by atoms with van der Waals surface area (Å²) in [6.45, 7) is 5.95. The average molecular weight is 304 g/mol. The second-order valence-electron chi connectivity index (χ2n) is 5.76. The minimum Gasteiger partial charge on any atom is -0.392 e. The summed E-state index contributed by atoms with van der Waals surface area (Å²) in [6.07, 6.45) is -4.59. The first kappa shape index (κ1) is 15.8. The van der Waals surface area contributed by atoms with Crippen LogP contribution in [0.4, 0.5) is 24.8 Å². The third kappa shape index (κ3) is 3.20. The Hall–Kier alpha value is -1.57. The van der Waals surface area contributed by atoms with Crippen LogP contribution in [0, 0.1) is 5.41 Å². The molecule has 0 amide bonds. The zero-order chi connectivity index (χ0) is 15.8. The van der Waals surface area contributed by atoms with Crippen molar-refractivity contribution in [2.45, 2.75) is 45.5 Å². The van der Waals surface area contributed by atoms with Gasteiger partial charge in [-0.25, -0.2) is 9.97 Å². The van der Waals surface area contributed by atoms with Gasteiger partial charge < -0.3 is 15.7 Å². The summed E-state index contributed by atoms with van der Waals surface area (Å²) in [4.78, 5) is 6.99. The number of nitrogens with zero attached hydrogens (tertiary/aromatic N) is 2. The minimum atomic E-state index is -4.60. The molecule has 21 heavy (non-hydrogen) atoms. The predicted molar refractivity (Wildman–Crippen MR) is 73.0 cm³/mol. The summed E-state index contributed by atoms with van der Waals surface area (Å²) in [5.74, 6) is -0.945. The van der Waals surface area contributed by atoms with Crippen molar-refractivity contribution < 1.29 is 18.3 Å². The molecule has 1 aromatic heterocycles. The molecular formula is C13H19F3N4O. The van der Waals surface area contributed by atoms with Crippen LogP contribution < -0.4 is 10.6 Å². The van der Waals surface area contributed by atoms with Gasteiger partial charge in [0.1, 0.15) is 11.6 Å². The van der Waals surface area contributed by atoms with E-state index in [0.717, 1.165) is 0 Å². The molecule has 118 valence electrons. The van der Waals surface area contributed by atoms with Crippen LogP contribution in [0.1, 0.15) is 33.0 Å².